The largest absolute Gasteiger partial charge is 0.493 e. The molecule has 0 aliphatic rings. The summed E-state index contributed by atoms with van der Waals surface area (Å²) in [6.45, 7) is 4.57. The van der Waals surface area contributed by atoms with Gasteiger partial charge in [-0.25, -0.2) is 0 Å². The van der Waals surface area contributed by atoms with Gasteiger partial charge in [0.1, 0.15) is 0 Å². The van der Waals surface area contributed by atoms with E-state index >= 15 is 0 Å². The Morgan fingerprint density at radius 1 is 1.32 bits per heavy atom. The molecule has 0 atom stereocenters. The van der Waals surface area contributed by atoms with Crippen molar-refractivity contribution in [2.45, 2.75) is 13.8 Å². The van der Waals surface area contributed by atoms with Gasteiger partial charge in [0, 0.05) is 16.8 Å². The Kier molecular flexibility index (Phi) is 6.32. The molecule has 0 heterocycles. The molecule has 0 fully saturated rings. The second-order valence-electron chi connectivity index (χ2n) is 5.87. The van der Waals surface area contributed by atoms with Crippen LogP contribution in [0.1, 0.15) is 29.8 Å². The highest BCUT2D eigenvalue weighted by Crippen LogP contribution is 2.37. The van der Waals surface area contributed by atoms with Crippen molar-refractivity contribution in [2.24, 2.45) is 5.92 Å². The van der Waals surface area contributed by atoms with Crippen molar-refractivity contribution >= 4 is 23.2 Å². The molecule has 0 aliphatic carbocycles. The number of hydrogen-bond donors (Lipinski definition) is 1. The van der Waals surface area contributed by atoms with Crippen LogP contribution in [0.15, 0.2) is 36.4 Å². The quantitative estimate of drug-likeness (QED) is 0.767. The molecule has 0 spiro atoms. The number of hydrogen-bond acceptors (Lipinski definition) is 3. The number of methoxy groups -OCH3 is 1. The molecule has 0 radical (unpaired) electrons. The Balaban J connectivity index is 2.25. The van der Waals surface area contributed by atoms with E-state index in [0.29, 0.717) is 45.9 Å². The first kappa shape index (κ1) is 18.7. The third-order valence-corrected chi connectivity index (χ3v) is 3.62. The molecule has 4 nitrogen and oxygen atoms in total. The van der Waals surface area contributed by atoms with Crippen LogP contribution < -0.4 is 14.8 Å². The molecule has 0 saturated heterocycles. The van der Waals surface area contributed by atoms with Gasteiger partial charge < -0.3 is 14.8 Å². The molecule has 0 aliphatic heterocycles. The number of anilines is 1. The third-order valence-electron chi connectivity index (χ3n) is 3.34. The fraction of sp³-hybridized carbons (Fsp3) is 0.250. The van der Waals surface area contributed by atoms with Crippen molar-refractivity contribution in [1.82, 2.24) is 0 Å². The lowest BCUT2D eigenvalue weighted by Crippen LogP contribution is -2.13. The molecule has 2 rings (SSSR count). The van der Waals surface area contributed by atoms with E-state index in [0.717, 1.165) is 0 Å². The van der Waals surface area contributed by atoms with Crippen LogP contribution in [0, 0.1) is 18.3 Å². The van der Waals surface area contributed by atoms with Gasteiger partial charge in [-0.1, -0.05) is 37.4 Å². The van der Waals surface area contributed by atoms with E-state index in [2.05, 4.69) is 11.2 Å². The van der Waals surface area contributed by atoms with E-state index in [9.17, 15) is 4.79 Å². The van der Waals surface area contributed by atoms with Crippen LogP contribution in [0.25, 0.3) is 0 Å². The molecule has 0 bridgehead atoms. The van der Waals surface area contributed by atoms with Crippen LogP contribution in [-0.4, -0.2) is 19.6 Å². The van der Waals surface area contributed by atoms with Gasteiger partial charge in [-0.05, 0) is 36.2 Å². The minimum atomic E-state index is -0.315. The summed E-state index contributed by atoms with van der Waals surface area (Å²) in [4.78, 5) is 12.5. The van der Waals surface area contributed by atoms with E-state index in [1.165, 1.54) is 7.11 Å². The average Bonchev–Trinajstić information content (AvgIpc) is 2.59. The topological polar surface area (TPSA) is 47.6 Å². The lowest BCUT2D eigenvalue weighted by molar-refractivity contribution is 0.102. The van der Waals surface area contributed by atoms with Crippen molar-refractivity contribution < 1.29 is 14.3 Å². The van der Waals surface area contributed by atoms with E-state index in [-0.39, 0.29) is 5.91 Å². The SMILES string of the molecule is C#Cc1cccc(NC(=O)c2cc(Cl)c(OCC(C)C)c(OC)c2)c1. The smallest absolute Gasteiger partial charge is 0.255 e. The van der Waals surface area contributed by atoms with Crippen LogP contribution in [0.3, 0.4) is 0 Å². The van der Waals surface area contributed by atoms with Crippen molar-refractivity contribution in [1.29, 1.82) is 0 Å². The minimum Gasteiger partial charge on any atom is -0.493 e. The fourth-order valence-corrected chi connectivity index (χ4v) is 2.40. The highest BCUT2D eigenvalue weighted by molar-refractivity contribution is 6.32. The van der Waals surface area contributed by atoms with Gasteiger partial charge in [0.2, 0.25) is 0 Å². The summed E-state index contributed by atoms with van der Waals surface area (Å²) in [5, 5.41) is 3.11. The van der Waals surface area contributed by atoms with Crippen LogP contribution in [0.4, 0.5) is 5.69 Å². The van der Waals surface area contributed by atoms with Crippen LogP contribution in [-0.2, 0) is 0 Å². The summed E-state index contributed by atoms with van der Waals surface area (Å²) >= 11 is 6.28. The normalized spacial score (nSPS) is 10.2. The van der Waals surface area contributed by atoms with Crippen molar-refractivity contribution in [3.05, 3.63) is 52.5 Å². The molecule has 2 aromatic rings. The van der Waals surface area contributed by atoms with E-state index in [4.69, 9.17) is 27.5 Å². The number of benzene rings is 2. The molecule has 1 N–H and O–H groups in total. The van der Waals surface area contributed by atoms with Crippen molar-refractivity contribution in [3.8, 4) is 23.8 Å². The van der Waals surface area contributed by atoms with Gasteiger partial charge in [0.25, 0.3) is 5.91 Å². The zero-order valence-corrected chi connectivity index (χ0v) is 15.2. The summed E-state index contributed by atoms with van der Waals surface area (Å²) in [7, 11) is 1.51. The van der Waals surface area contributed by atoms with Gasteiger partial charge in [0.05, 0.1) is 18.7 Å². The van der Waals surface area contributed by atoms with E-state index < -0.39 is 0 Å². The predicted octanol–water partition coefficient (Wildman–Crippen LogP) is 4.62. The number of halogens is 1. The highest BCUT2D eigenvalue weighted by Gasteiger charge is 2.16. The second-order valence-corrected chi connectivity index (χ2v) is 6.28. The van der Waals surface area contributed by atoms with Crippen molar-refractivity contribution in [2.75, 3.05) is 19.0 Å². The number of nitrogens with one attached hydrogen (secondary N) is 1. The number of amides is 1. The minimum absolute atomic E-state index is 0.315. The van der Waals surface area contributed by atoms with Gasteiger partial charge in [0.15, 0.2) is 11.5 Å². The molecule has 0 aromatic heterocycles. The molecule has 130 valence electrons. The molecular formula is C20H20ClNO3. The van der Waals surface area contributed by atoms with Gasteiger partial charge >= 0.3 is 0 Å². The lowest BCUT2D eigenvalue weighted by Gasteiger charge is -2.15. The molecule has 0 saturated carbocycles. The summed E-state index contributed by atoms with van der Waals surface area (Å²) < 4.78 is 11.0. The number of ether oxygens (including phenoxy) is 2. The van der Waals surface area contributed by atoms with E-state index in [1.807, 2.05) is 13.8 Å². The summed E-state index contributed by atoms with van der Waals surface area (Å²) in [6.07, 6.45) is 5.37. The lowest BCUT2D eigenvalue weighted by atomic mass is 10.1. The molecular weight excluding hydrogens is 338 g/mol. The third kappa shape index (κ3) is 4.91. The standard InChI is InChI=1S/C20H20ClNO3/c1-5-14-7-6-8-16(9-14)22-20(23)15-10-17(21)19(18(11-15)24-4)25-12-13(2)3/h1,6-11,13H,12H2,2-4H3,(H,22,23). The Bertz CT molecular complexity index is 809. The Hall–Kier alpha value is -2.64. The maximum absolute atomic E-state index is 12.5. The molecule has 5 heteroatoms. The van der Waals surface area contributed by atoms with Gasteiger partial charge in [-0.15, -0.1) is 6.42 Å². The fourth-order valence-electron chi connectivity index (χ4n) is 2.13. The van der Waals surface area contributed by atoms with Crippen LogP contribution in [0.5, 0.6) is 11.5 Å². The van der Waals surface area contributed by atoms with Gasteiger partial charge in [-0.3, -0.25) is 4.79 Å². The first-order chi connectivity index (χ1) is 11.9. The zero-order valence-electron chi connectivity index (χ0n) is 14.4. The molecule has 2 aromatic carbocycles. The predicted molar refractivity (Wildman–Crippen MR) is 101 cm³/mol. The highest BCUT2D eigenvalue weighted by atomic mass is 35.5. The first-order valence-electron chi connectivity index (χ1n) is 7.83. The maximum atomic E-state index is 12.5. The summed E-state index contributed by atoms with van der Waals surface area (Å²) in [6, 6.07) is 10.2. The Morgan fingerprint density at radius 2 is 2.08 bits per heavy atom. The first-order valence-corrected chi connectivity index (χ1v) is 8.20. The number of carbonyl (C=O) groups is 1. The number of carbonyl (C=O) groups excluding carboxylic acids is 1. The summed E-state index contributed by atoms with van der Waals surface area (Å²) in [5.74, 6) is 3.40. The summed E-state index contributed by atoms with van der Waals surface area (Å²) in [5.41, 5.74) is 1.66. The molecule has 1 amide bonds. The molecule has 25 heavy (non-hydrogen) atoms. The number of terminal acetylenes is 1. The van der Waals surface area contributed by atoms with E-state index in [1.54, 1.807) is 36.4 Å². The number of rotatable bonds is 6. The second kappa shape index (κ2) is 8.46. The van der Waals surface area contributed by atoms with Crippen molar-refractivity contribution in [3.63, 3.8) is 0 Å². The monoisotopic (exact) mass is 357 g/mol. The van der Waals surface area contributed by atoms with Crippen LogP contribution >= 0.6 is 11.6 Å². The zero-order chi connectivity index (χ0) is 18.4. The average molecular weight is 358 g/mol. The maximum Gasteiger partial charge on any atom is 0.255 e. The molecule has 0 unspecified atom stereocenters. The Morgan fingerprint density at radius 3 is 2.72 bits per heavy atom. The Labute approximate surface area is 153 Å². The van der Waals surface area contributed by atoms with Gasteiger partial charge in [-0.2, -0.15) is 0 Å². The van der Waals surface area contributed by atoms with Crippen LogP contribution in [0.2, 0.25) is 5.02 Å².